The van der Waals surface area contributed by atoms with Crippen LogP contribution in [-0.2, 0) is 14.6 Å². The van der Waals surface area contributed by atoms with Crippen LogP contribution in [0.5, 0.6) is 0 Å². The molecule has 2 aliphatic rings. The van der Waals surface area contributed by atoms with Crippen LogP contribution in [0.3, 0.4) is 0 Å². The maximum absolute atomic E-state index is 11.9. The van der Waals surface area contributed by atoms with E-state index in [9.17, 15) is 13.2 Å². The molecular weight excluding hydrogens is 252 g/mol. The number of rotatable bonds is 3. The third kappa shape index (κ3) is 3.68. The molecule has 1 atom stereocenters. The van der Waals surface area contributed by atoms with Gasteiger partial charge >= 0.3 is 0 Å². The normalized spacial score (nSPS) is 32.3. The summed E-state index contributed by atoms with van der Waals surface area (Å²) < 4.78 is 22.9. The third-order valence-corrected chi connectivity index (χ3v) is 5.66. The van der Waals surface area contributed by atoms with Crippen LogP contribution < -0.4 is 5.32 Å². The van der Waals surface area contributed by atoms with E-state index in [1.54, 1.807) is 0 Å². The molecule has 0 aliphatic carbocycles. The fourth-order valence-electron chi connectivity index (χ4n) is 2.81. The number of sulfone groups is 1. The lowest BCUT2D eigenvalue weighted by Gasteiger charge is -2.29. The molecule has 0 aromatic carbocycles. The first-order valence-electron chi connectivity index (χ1n) is 6.62. The van der Waals surface area contributed by atoms with Crippen molar-refractivity contribution in [1.29, 1.82) is 0 Å². The van der Waals surface area contributed by atoms with E-state index < -0.39 is 15.4 Å². The number of nitrogens with one attached hydrogen (secondary N) is 1. The molecule has 1 amide bonds. The van der Waals surface area contributed by atoms with Crippen molar-refractivity contribution >= 4 is 15.7 Å². The van der Waals surface area contributed by atoms with Crippen molar-refractivity contribution in [3.8, 4) is 0 Å². The Balaban J connectivity index is 1.84. The minimum Gasteiger partial charge on any atom is -0.349 e. The molecule has 0 radical (unpaired) electrons. The van der Waals surface area contributed by atoms with Crippen molar-refractivity contribution in [3.63, 3.8) is 0 Å². The second-order valence-electron chi connectivity index (χ2n) is 5.79. The number of likely N-dealkylation sites (tertiary alicyclic amines) is 1. The van der Waals surface area contributed by atoms with Gasteiger partial charge in [0.05, 0.1) is 23.6 Å². The predicted molar refractivity (Wildman–Crippen MR) is 70.1 cm³/mol. The molecule has 104 valence electrons. The lowest BCUT2D eigenvalue weighted by Crippen LogP contribution is -2.50. The number of piperidine rings is 1. The number of hydrogen-bond donors (Lipinski definition) is 1. The van der Waals surface area contributed by atoms with Crippen LogP contribution >= 0.6 is 0 Å². The monoisotopic (exact) mass is 274 g/mol. The Kier molecular flexibility index (Phi) is 3.96. The van der Waals surface area contributed by atoms with Crippen LogP contribution in [0, 0.1) is 0 Å². The van der Waals surface area contributed by atoms with Crippen molar-refractivity contribution in [3.05, 3.63) is 0 Å². The van der Waals surface area contributed by atoms with Crippen molar-refractivity contribution in [2.24, 2.45) is 0 Å². The molecule has 5 nitrogen and oxygen atoms in total. The van der Waals surface area contributed by atoms with Crippen molar-refractivity contribution in [2.75, 3.05) is 31.1 Å². The highest BCUT2D eigenvalue weighted by Crippen LogP contribution is 2.22. The van der Waals surface area contributed by atoms with Crippen molar-refractivity contribution in [2.45, 2.75) is 38.1 Å². The maximum Gasteiger partial charge on any atom is 0.234 e. The second-order valence-corrected chi connectivity index (χ2v) is 7.97. The zero-order valence-corrected chi connectivity index (χ0v) is 11.8. The number of hydrogen-bond acceptors (Lipinski definition) is 4. The van der Waals surface area contributed by atoms with E-state index in [0.717, 1.165) is 25.9 Å². The predicted octanol–water partition coefficient (Wildman–Crippen LogP) is 0.166. The second kappa shape index (κ2) is 5.17. The van der Waals surface area contributed by atoms with E-state index in [-0.39, 0.29) is 17.4 Å². The van der Waals surface area contributed by atoms with E-state index in [1.165, 1.54) is 6.42 Å². The summed E-state index contributed by atoms with van der Waals surface area (Å²) in [5.74, 6) is 0.218. The number of nitrogens with zero attached hydrogens (tertiary/aromatic N) is 1. The molecular formula is C12H22N2O3S. The summed E-state index contributed by atoms with van der Waals surface area (Å²) >= 11 is 0. The lowest BCUT2D eigenvalue weighted by molar-refractivity contribution is -0.124. The standard InChI is InChI=1S/C12H22N2O3S/c1-12(5-8-18(16,17)10-12)13-11(15)9-14-6-3-2-4-7-14/h2-10H2,1H3,(H,13,15)/t12-/m0/s1. The van der Waals surface area contributed by atoms with Crippen molar-refractivity contribution < 1.29 is 13.2 Å². The molecule has 2 saturated heterocycles. The van der Waals surface area contributed by atoms with Gasteiger partial charge in [-0.3, -0.25) is 9.69 Å². The Morgan fingerprint density at radius 2 is 1.94 bits per heavy atom. The van der Waals surface area contributed by atoms with Gasteiger partial charge in [0.25, 0.3) is 0 Å². The first-order chi connectivity index (χ1) is 8.39. The molecule has 0 aromatic heterocycles. The minimum atomic E-state index is -2.96. The van der Waals surface area contributed by atoms with Crippen LogP contribution in [0.4, 0.5) is 0 Å². The van der Waals surface area contributed by atoms with Gasteiger partial charge in [-0.05, 0) is 39.3 Å². The van der Waals surface area contributed by atoms with Gasteiger partial charge in [-0.15, -0.1) is 0 Å². The fraction of sp³-hybridized carbons (Fsp3) is 0.917. The summed E-state index contributed by atoms with van der Waals surface area (Å²) in [6, 6.07) is 0. The van der Waals surface area contributed by atoms with Gasteiger partial charge in [0.2, 0.25) is 5.91 Å². The average molecular weight is 274 g/mol. The average Bonchev–Trinajstić information content (AvgIpc) is 2.53. The molecule has 2 heterocycles. The van der Waals surface area contributed by atoms with E-state index in [4.69, 9.17) is 0 Å². The third-order valence-electron chi connectivity index (χ3n) is 3.76. The van der Waals surface area contributed by atoms with E-state index in [2.05, 4.69) is 10.2 Å². The number of carbonyl (C=O) groups is 1. The SMILES string of the molecule is C[C@]1(NC(=O)CN2CCCCC2)CCS(=O)(=O)C1. The largest absolute Gasteiger partial charge is 0.349 e. The molecule has 18 heavy (non-hydrogen) atoms. The Labute approximate surface area is 109 Å². The van der Waals surface area contributed by atoms with Gasteiger partial charge in [-0.25, -0.2) is 8.42 Å². The number of amides is 1. The Morgan fingerprint density at radius 3 is 2.50 bits per heavy atom. The number of carbonyl (C=O) groups excluding carboxylic acids is 1. The molecule has 0 bridgehead atoms. The highest BCUT2D eigenvalue weighted by Gasteiger charge is 2.39. The molecule has 0 unspecified atom stereocenters. The fourth-order valence-corrected chi connectivity index (χ4v) is 4.90. The van der Waals surface area contributed by atoms with Gasteiger partial charge in [-0.1, -0.05) is 6.42 Å². The van der Waals surface area contributed by atoms with Gasteiger partial charge in [0, 0.05) is 0 Å². The Morgan fingerprint density at radius 1 is 1.28 bits per heavy atom. The summed E-state index contributed by atoms with van der Waals surface area (Å²) in [5.41, 5.74) is -0.564. The first-order valence-corrected chi connectivity index (χ1v) is 8.45. The van der Waals surface area contributed by atoms with Crippen LogP contribution in [0.2, 0.25) is 0 Å². The molecule has 6 heteroatoms. The highest BCUT2D eigenvalue weighted by molar-refractivity contribution is 7.91. The van der Waals surface area contributed by atoms with Crippen LogP contribution in [0.25, 0.3) is 0 Å². The van der Waals surface area contributed by atoms with Gasteiger partial charge in [-0.2, -0.15) is 0 Å². The summed E-state index contributed by atoms with van der Waals surface area (Å²) in [4.78, 5) is 14.1. The Hall–Kier alpha value is -0.620. The summed E-state index contributed by atoms with van der Waals surface area (Å²) in [5, 5.41) is 2.90. The van der Waals surface area contributed by atoms with Crippen LogP contribution in [0.1, 0.15) is 32.6 Å². The minimum absolute atomic E-state index is 0.0449. The lowest BCUT2D eigenvalue weighted by atomic mass is 10.0. The van der Waals surface area contributed by atoms with E-state index in [1.807, 2.05) is 6.92 Å². The van der Waals surface area contributed by atoms with Gasteiger partial charge in [0.1, 0.15) is 0 Å². The molecule has 0 saturated carbocycles. The van der Waals surface area contributed by atoms with E-state index >= 15 is 0 Å². The first kappa shape index (κ1) is 13.8. The molecule has 2 fully saturated rings. The smallest absolute Gasteiger partial charge is 0.234 e. The Bertz CT molecular complexity index is 415. The van der Waals surface area contributed by atoms with Crippen LogP contribution in [0.15, 0.2) is 0 Å². The summed E-state index contributed by atoms with van der Waals surface area (Å²) in [6.45, 7) is 4.17. The highest BCUT2D eigenvalue weighted by atomic mass is 32.2. The zero-order chi connectivity index (χ0) is 13.2. The molecule has 2 aliphatic heterocycles. The van der Waals surface area contributed by atoms with Crippen molar-refractivity contribution in [1.82, 2.24) is 10.2 Å². The quantitative estimate of drug-likeness (QED) is 0.796. The molecule has 0 spiro atoms. The zero-order valence-electron chi connectivity index (χ0n) is 10.9. The maximum atomic E-state index is 11.9. The summed E-state index contributed by atoms with van der Waals surface area (Å²) in [7, 11) is -2.96. The van der Waals surface area contributed by atoms with E-state index in [0.29, 0.717) is 13.0 Å². The molecule has 0 aromatic rings. The van der Waals surface area contributed by atoms with Crippen LogP contribution in [-0.4, -0.2) is 55.9 Å². The van der Waals surface area contributed by atoms with Gasteiger partial charge in [0.15, 0.2) is 9.84 Å². The van der Waals surface area contributed by atoms with Gasteiger partial charge < -0.3 is 5.32 Å². The molecule has 2 rings (SSSR count). The molecule has 1 N–H and O–H groups in total. The topological polar surface area (TPSA) is 66.5 Å². The summed E-state index contributed by atoms with van der Waals surface area (Å²) in [6.07, 6.45) is 4.08.